The topological polar surface area (TPSA) is 38.7 Å². The molecule has 0 aromatic rings. The Morgan fingerprint density at radius 1 is 1.40 bits per heavy atom. The van der Waals surface area contributed by atoms with Crippen LogP contribution in [0, 0.1) is 5.41 Å². The van der Waals surface area contributed by atoms with E-state index in [2.05, 4.69) is 4.99 Å². The molecule has 0 fully saturated rings. The Labute approximate surface area is 91.9 Å². The van der Waals surface area contributed by atoms with E-state index in [-0.39, 0.29) is 5.97 Å². The molecule has 0 bridgehead atoms. The number of hydrogen-bond acceptors (Lipinski definition) is 3. The summed E-state index contributed by atoms with van der Waals surface area (Å²) in [6.07, 6.45) is 4.43. The lowest BCUT2D eigenvalue weighted by molar-refractivity contribution is -0.149. The molecule has 0 saturated heterocycles. The van der Waals surface area contributed by atoms with Crippen LogP contribution in [-0.4, -0.2) is 24.8 Å². The summed E-state index contributed by atoms with van der Waals surface area (Å²) in [7, 11) is 0. The second-order valence-electron chi connectivity index (χ2n) is 4.48. The summed E-state index contributed by atoms with van der Waals surface area (Å²) in [5.74, 6) is -0.148. The molecular formula is C12H21NO2. The molecule has 1 rings (SSSR count). The highest BCUT2D eigenvalue weighted by Gasteiger charge is 2.34. The third-order valence-electron chi connectivity index (χ3n) is 2.88. The SMILES string of the molecule is CCOC(=O)C(C)(C)C1=NCCCCC1. The summed E-state index contributed by atoms with van der Waals surface area (Å²) >= 11 is 0. The number of hydrogen-bond donors (Lipinski definition) is 0. The van der Waals surface area contributed by atoms with Crippen molar-refractivity contribution in [1.82, 2.24) is 0 Å². The zero-order valence-electron chi connectivity index (χ0n) is 10.0. The number of aliphatic imine (C=N–C) groups is 1. The molecule has 0 aromatic carbocycles. The largest absolute Gasteiger partial charge is 0.465 e. The van der Waals surface area contributed by atoms with Crippen LogP contribution in [0.15, 0.2) is 4.99 Å². The smallest absolute Gasteiger partial charge is 0.317 e. The maximum absolute atomic E-state index is 11.8. The zero-order chi connectivity index (χ0) is 11.3. The molecule has 0 unspecified atom stereocenters. The predicted octanol–water partition coefficient (Wildman–Crippen LogP) is 2.59. The molecule has 0 aromatic heterocycles. The van der Waals surface area contributed by atoms with Crippen LogP contribution in [0.2, 0.25) is 0 Å². The zero-order valence-corrected chi connectivity index (χ0v) is 10.0. The van der Waals surface area contributed by atoms with Crippen molar-refractivity contribution in [3.05, 3.63) is 0 Å². The molecule has 1 heterocycles. The standard InChI is InChI=1S/C12H21NO2/c1-4-15-11(14)12(2,3)10-8-6-5-7-9-13-10/h4-9H2,1-3H3. The van der Waals surface area contributed by atoms with E-state index in [1.807, 2.05) is 20.8 Å². The molecule has 3 heteroatoms. The van der Waals surface area contributed by atoms with Crippen molar-refractivity contribution in [3.63, 3.8) is 0 Å². The average Bonchev–Trinajstić information content (AvgIpc) is 2.46. The lowest BCUT2D eigenvalue weighted by Crippen LogP contribution is -2.35. The van der Waals surface area contributed by atoms with E-state index in [9.17, 15) is 4.79 Å². The van der Waals surface area contributed by atoms with Crippen molar-refractivity contribution in [3.8, 4) is 0 Å². The van der Waals surface area contributed by atoms with Crippen LogP contribution in [0.5, 0.6) is 0 Å². The summed E-state index contributed by atoms with van der Waals surface area (Å²) < 4.78 is 5.08. The molecule has 0 aliphatic carbocycles. The second-order valence-corrected chi connectivity index (χ2v) is 4.48. The van der Waals surface area contributed by atoms with Gasteiger partial charge in [-0.1, -0.05) is 6.42 Å². The van der Waals surface area contributed by atoms with Crippen molar-refractivity contribution in [1.29, 1.82) is 0 Å². The molecule has 1 aliphatic heterocycles. The highest BCUT2D eigenvalue weighted by atomic mass is 16.5. The second kappa shape index (κ2) is 5.29. The van der Waals surface area contributed by atoms with Crippen molar-refractivity contribution in [2.75, 3.05) is 13.2 Å². The Hall–Kier alpha value is -0.860. The molecule has 86 valence electrons. The maximum atomic E-state index is 11.8. The Kier molecular flexibility index (Phi) is 4.30. The molecule has 3 nitrogen and oxygen atoms in total. The van der Waals surface area contributed by atoms with Crippen molar-refractivity contribution < 1.29 is 9.53 Å². The number of carbonyl (C=O) groups is 1. The quantitative estimate of drug-likeness (QED) is 0.673. The first kappa shape index (κ1) is 12.2. The first-order chi connectivity index (χ1) is 7.09. The van der Waals surface area contributed by atoms with Gasteiger partial charge < -0.3 is 4.74 Å². The number of nitrogens with zero attached hydrogens (tertiary/aromatic N) is 1. The van der Waals surface area contributed by atoms with Crippen molar-refractivity contribution in [2.24, 2.45) is 10.4 Å². The molecular weight excluding hydrogens is 190 g/mol. The van der Waals surface area contributed by atoms with Crippen LogP contribution in [-0.2, 0) is 9.53 Å². The van der Waals surface area contributed by atoms with Gasteiger partial charge in [-0.05, 0) is 40.0 Å². The minimum atomic E-state index is -0.541. The van der Waals surface area contributed by atoms with Gasteiger partial charge in [0.15, 0.2) is 0 Å². The van der Waals surface area contributed by atoms with E-state index in [1.54, 1.807) is 0 Å². The van der Waals surface area contributed by atoms with E-state index in [0.29, 0.717) is 6.61 Å². The minimum absolute atomic E-state index is 0.148. The normalized spacial score (nSPS) is 17.9. The lowest BCUT2D eigenvalue weighted by atomic mass is 9.85. The highest BCUT2D eigenvalue weighted by molar-refractivity contribution is 6.06. The van der Waals surface area contributed by atoms with Gasteiger partial charge in [0.05, 0.1) is 6.61 Å². The van der Waals surface area contributed by atoms with Gasteiger partial charge in [0.2, 0.25) is 0 Å². The van der Waals surface area contributed by atoms with E-state index < -0.39 is 5.41 Å². The van der Waals surface area contributed by atoms with Gasteiger partial charge >= 0.3 is 5.97 Å². The summed E-state index contributed by atoms with van der Waals surface area (Å²) in [5, 5.41) is 0. The van der Waals surface area contributed by atoms with Crippen LogP contribution < -0.4 is 0 Å². The van der Waals surface area contributed by atoms with E-state index in [1.165, 1.54) is 6.42 Å². The Morgan fingerprint density at radius 2 is 2.13 bits per heavy atom. The number of ether oxygens (including phenoxy) is 1. The van der Waals surface area contributed by atoms with Gasteiger partial charge in [-0.3, -0.25) is 9.79 Å². The average molecular weight is 211 g/mol. The third-order valence-corrected chi connectivity index (χ3v) is 2.88. The van der Waals surface area contributed by atoms with Gasteiger partial charge in [-0.15, -0.1) is 0 Å². The first-order valence-corrected chi connectivity index (χ1v) is 5.80. The summed E-state index contributed by atoms with van der Waals surface area (Å²) in [6, 6.07) is 0. The van der Waals surface area contributed by atoms with Crippen LogP contribution in [0.3, 0.4) is 0 Å². The molecule has 0 spiro atoms. The maximum Gasteiger partial charge on any atom is 0.317 e. The Balaban J connectivity index is 2.73. The predicted molar refractivity (Wildman–Crippen MR) is 61.2 cm³/mol. The van der Waals surface area contributed by atoms with Crippen molar-refractivity contribution >= 4 is 11.7 Å². The van der Waals surface area contributed by atoms with Crippen LogP contribution in [0.4, 0.5) is 0 Å². The van der Waals surface area contributed by atoms with Crippen LogP contribution >= 0.6 is 0 Å². The fourth-order valence-corrected chi connectivity index (χ4v) is 1.81. The Bertz CT molecular complexity index is 256. The molecule has 15 heavy (non-hydrogen) atoms. The molecule has 0 saturated carbocycles. The van der Waals surface area contributed by atoms with E-state index in [4.69, 9.17) is 4.74 Å². The molecule has 0 amide bonds. The van der Waals surface area contributed by atoms with Gasteiger partial charge in [0.25, 0.3) is 0 Å². The fraction of sp³-hybridized carbons (Fsp3) is 0.833. The van der Waals surface area contributed by atoms with Crippen LogP contribution in [0.1, 0.15) is 46.5 Å². The monoisotopic (exact) mass is 211 g/mol. The van der Waals surface area contributed by atoms with Gasteiger partial charge in [-0.2, -0.15) is 0 Å². The van der Waals surface area contributed by atoms with E-state index in [0.717, 1.165) is 31.5 Å². The molecule has 1 aliphatic rings. The molecule has 0 radical (unpaired) electrons. The minimum Gasteiger partial charge on any atom is -0.465 e. The van der Waals surface area contributed by atoms with Crippen LogP contribution in [0.25, 0.3) is 0 Å². The number of rotatable bonds is 3. The van der Waals surface area contributed by atoms with Crippen molar-refractivity contribution in [2.45, 2.75) is 46.5 Å². The molecule has 0 atom stereocenters. The first-order valence-electron chi connectivity index (χ1n) is 5.80. The third kappa shape index (κ3) is 3.05. The molecule has 0 N–H and O–H groups in total. The Morgan fingerprint density at radius 3 is 2.80 bits per heavy atom. The lowest BCUT2D eigenvalue weighted by Gasteiger charge is -2.24. The van der Waals surface area contributed by atoms with E-state index >= 15 is 0 Å². The highest BCUT2D eigenvalue weighted by Crippen LogP contribution is 2.25. The fourth-order valence-electron chi connectivity index (χ4n) is 1.81. The summed E-state index contributed by atoms with van der Waals surface area (Å²) in [4.78, 5) is 16.3. The summed E-state index contributed by atoms with van der Waals surface area (Å²) in [5.41, 5.74) is 0.471. The number of esters is 1. The number of carbonyl (C=O) groups excluding carboxylic acids is 1. The summed E-state index contributed by atoms with van der Waals surface area (Å²) in [6.45, 7) is 6.96. The van der Waals surface area contributed by atoms with Gasteiger partial charge in [0.1, 0.15) is 5.41 Å². The van der Waals surface area contributed by atoms with Gasteiger partial charge in [0, 0.05) is 12.3 Å². The van der Waals surface area contributed by atoms with Gasteiger partial charge in [-0.25, -0.2) is 0 Å².